The van der Waals surface area contributed by atoms with Gasteiger partial charge in [-0.3, -0.25) is 14.4 Å². The Morgan fingerprint density at radius 1 is 0.933 bits per heavy atom. The number of thiophene rings is 1. The molecule has 0 fully saturated rings. The van der Waals surface area contributed by atoms with E-state index in [0.717, 1.165) is 12.1 Å². The molecule has 3 amide bonds. The van der Waals surface area contributed by atoms with E-state index in [4.69, 9.17) is 0 Å². The molecule has 30 heavy (non-hydrogen) atoms. The highest BCUT2D eigenvalue weighted by molar-refractivity contribution is 7.12. The van der Waals surface area contributed by atoms with Crippen LogP contribution in [0.2, 0.25) is 0 Å². The largest absolute Gasteiger partial charge is 0.357 e. The molecule has 3 rings (SSSR count). The lowest BCUT2D eigenvalue weighted by molar-refractivity contribution is -0.122. The Morgan fingerprint density at radius 2 is 1.67 bits per heavy atom. The summed E-state index contributed by atoms with van der Waals surface area (Å²) in [6.07, 6.45) is 0. The van der Waals surface area contributed by atoms with E-state index in [1.165, 1.54) is 36.6 Å². The standard InChI is InChI=1S/C21H17F2N3O3S/c1-24-21(29)18(13-6-9-15(22)16(23)11-13)26-19(27)12-4-7-14(8-5-12)25-20(28)17-3-2-10-30-17/h2-11,18H,1H3,(H,24,29)(H,25,28)(H,26,27). The van der Waals surface area contributed by atoms with Crippen molar-refractivity contribution in [2.24, 2.45) is 0 Å². The van der Waals surface area contributed by atoms with Crippen LogP contribution in [0.5, 0.6) is 0 Å². The number of benzene rings is 2. The van der Waals surface area contributed by atoms with Gasteiger partial charge in [0.25, 0.3) is 11.8 Å². The van der Waals surface area contributed by atoms with Crippen LogP contribution in [-0.2, 0) is 4.79 Å². The number of halogens is 2. The lowest BCUT2D eigenvalue weighted by Crippen LogP contribution is -2.39. The minimum absolute atomic E-state index is 0.0985. The SMILES string of the molecule is CNC(=O)C(NC(=O)c1ccc(NC(=O)c2cccs2)cc1)c1ccc(F)c(F)c1. The van der Waals surface area contributed by atoms with Gasteiger partial charge in [0.15, 0.2) is 11.6 Å². The van der Waals surface area contributed by atoms with Gasteiger partial charge in [0, 0.05) is 18.3 Å². The first kappa shape index (κ1) is 21.1. The van der Waals surface area contributed by atoms with Crippen molar-refractivity contribution < 1.29 is 23.2 Å². The topological polar surface area (TPSA) is 87.3 Å². The van der Waals surface area contributed by atoms with Crippen LogP contribution in [0.15, 0.2) is 60.0 Å². The molecule has 0 spiro atoms. The fourth-order valence-electron chi connectivity index (χ4n) is 2.66. The van der Waals surface area contributed by atoms with Crippen molar-refractivity contribution in [3.05, 3.63) is 87.6 Å². The highest BCUT2D eigenvalue weighted by Gasteiger charge is 2.23. The van der Waals surface area contributed by atoms with Crippen molar-refractivity contribution in [3.63, 3.8) is 0 Å². The quantitative estimate of drug-likeness (QED) is 0.561. The maximum Gasteiger partial charge on any atom is 0.265 e. The Labute approximate surface area is 174 Å². The Balaban J connectivity index is 1.73. The van der Waals surface area contributed by atoms with Gasteiger partial charge in [0.05, 0.1) is 4.88 Å². The minimum atomic E-state index is -1.21. The van der Waals surface area contributed by atoms with Crippen molar-refractivity contribution in [3.8, 4) is 0 Å². The summed E-state index contributed by atoms with van der Waals surface area (Å²) < 4.78 is 26.8. The lowest BCUT2D eigenvalue weighted by atomic mass is 10.0. The van der Waals surface area contributed by atoms with Gasteiger partial charge in [-0.05, 0) is 53.4 Å². The lowest BCUT2D eigenvalue weighted by Gasteiger charge is -2.18. The summed E-state index contributed by atoms with van der Waals surface area (Å²) in [5.74, 6) is -3.62. The predicted molar refractivity (Wildman–Crippen MR) is 109 cm³/mol. The van der Waals surface area contributed by atoms with Gasteiger partial charge in [-0.15, -0.1) is 11.3 Å². The number of amides is 3. The molecule has 154 valence electrons. The van der Waals surface area contributed by atoms with Crippen molar-refractivity contribution >= 4 is 34.7 Å². The zero-order valence-electron chi connectivity index (χ0n) is 15.7. The molecule has 3 N–H and O–H groups in total. The summed E-state index contributed by atoms with van der Waals surface area (Å²) in [6.45, 7) is 0. The molecule has 1 aromatic heterocycles. The fourth-order valence-corrected chi connectivity index (χ4v) is 3.28. The Kier molecular flexibility index (Phi) is 6.53. The van der Waals surface area contributed by atoms with Gasteiger partial charge in [-0.25, -0.2) is 8.78 Å². The molecule has 0 aliphatic rings. The molecular weight excluding hydrogens is 412 g/mol. The molecule has 0 bridgehead atoms. The summed E-state index contributed by atoms with van der Waals surface area (Å²) >= 11 is 1.31. The molecule has 3 aromatic rings. The van der Waals surface area contributed by atoms with Crippen LogP contribution in [-0.4, -0.2) is 24.8 Å². The van der Waals surface area contributed by atoms with Gasteiger partial charge in [0.2, 0.25) is 5.91 Å². The number of hydrogen-bond donors (Lipinski definition) is 3. The first-order valence-corrected chi connectivity index (χ1v) is 9.69. The molecule has 1 unspecified atom stereocenters. The van der Waals surface area contributed by atoms with Crippen LogP contribution in [0.3, 0.4) is 0 Å². The minimum Gasteiger partial charge on any atom is -0.357 e. The van der Waals surface area contributed by atoms with Crippen molar-refractivity contribution in [1.29, 1.82) is 0 Å². The number of carbonyl (C=O) groups excluding carboxylic acids is 3. The second-order valence-electron chi connectivity index (χ2n) is 6.20. The first-order valence-electron chi connectivity index (χ1n) is 8.81. The van der Waals surface area contributed by atoms with Crippen LogP contribution >= 0.6 is 11.3 Å². The van der Waals surface area contributed by atoms with E-state index >= 15 is 0 Å². The number of hydrogen-bond acceptors (Lipinski definition) is 4. The third-order valence-electron chi connectivity index (χ3n) is 4.21. The number of nitrogens with one attached hydrogen (secondary N) is 3. The zero-order valence-corrected chi connectivity index (χ0v) is 16.6. The second kappa shape index (κ2) is 9.27. The average Bonchev–Trinajstić information content (AvgIpc) is 3.29. The second-order valence-corrected chi connectivity index (χ2v) is 7.15. The van der Waals surface area contributed by atoms with Gasteiger partial charge in [-0.2, -0.15) is 0 Å². The Morgan fingerprint density at radius 3 is 2.27 bits per heavy atom. The van der Waals surface area contributed by atoms with Gasteiger partial charge < -0.3 is 16.0 Å². The number of likely N-dealkylation sites (N-methyl/N-ethyl adjacent to an activating group) is 1. The average molecular weight is 429 g/mol. The van der Waals surface area contributed by atoms with Crippen molar-refractivity contribution in [2.75, 3.05) is 12.4 Å². The molecule has 1 heterocycles. The number of carbonyl (C=O) groups is 3. The van der Waals surface area contributed by atoms with Gasteiger partial charge in [-0.1, -0.05) is 12.1 Å². The van der Waals surface area contributed by atoms with Crippen LogP contribution in [0.4, 0.5) is 14.5 Å². The molecule has 0 saturated carbocycles. The monoisotopic (exact) mass is 429 g/mol. The predicted octanol–water partition coefficient (Wildman–Crippen LogP) is 3.50. The summed E-state index contributed by atoms with van der Waals surface area (Å²) in [5, 5.41) is 9.39. The van der Waals surface area contributed by atoms with E-state index < -0.39 is 29.5 Å². The van der Waals surface area contributed by atoms with Crippen molar-refractivity contribution in [1.82, 2.24) is 10.6 Å². The third kappa shape index (κ3) is 4.87. The van der Waals surface area contributed by atoms with Crippen LogP contribution in [0.1, 0.15) is 31.6 Å². The molecule has 0 aliphatic carbocycles. The van der Waals surface area contributed by atoms with E-state index in [0.29, 0.717) is 10.6 Å². The molecule has 0 saturated heterocycles. The van der Waals surface area contributed by atoms with E-state index in [9.17, 15) is 23.2 Å². The first-order chi connectivity index (χ1) is 14.4. The smallest absolute Gasteiger partial charge is 0.265 e. The van der Waals surface area contributed by atoms with Crippen molar-refractivity contribution in [2.45, 2.75) is 6.04 Å². The molecule has 6 nitrogen and oxygen atoms in total. The molecular formula is C21H17F2N3O3S. The van der Waals surface area contributed by atoms with Gasteiger partial charge in [0.1, 0.15) is 6.04 Å². The zero-order chi connectivity index (χ0) is 21.7. The Hall–Kier alpha value is -3.59. The molecule has 9 heteroatoms. The molecule has 1 atom stereocenters. The van der Waals surface area contributed by atoms with E-state index in [1.807, 2.05) is 0 Å². The molecule has 2 aromatic carbocycles. The third-order valence-corrected chi connectivity index (χ3v) is 5.08. The van der Waals surface area contributed by atoms with E-state index in [1.54, 1.807) is 29.6 Å². The van der Waals surface area contributed by atoms with E-state index in [2.05, 4.69) is 16.0 Å². The van der Waals surface area contributed by atoms with Crippen LogP contribution in [0, 0.1) is 11.6 Å². The highest BCUT2D eigenvalue weighted by atomic mass is 32.1. The van der Waals surface area contributed by atoms with Crippen LogP contribution < -0.4 is 16.0 Å². The maximum atomic E-state index is 13.6. The van der Waals surface area contributed by atoms with Gasteiger partial charge >= 0.3 is 0 Å². The fraction of sp³-hybridized carbons (Fsp3) is 0.0952. The number of anilines is 1. The van der Waals surface area contributed by atoms with E-state index in [-0.39, 0.29) is 17.0 Å². The normalized spacial score (nSPS) is 11.4. The Bertz CT molecular complexity index is 1070. The summed E-state index contributed by atoms with van der Waals surface area (Å²) in [4.78, 5) is 37.4. The summed E-state index contributed by atoms with van der Waals surface area (Å²) in [7, 11) is 1.37. The van der Waals surface area contributed by atoms with Crippen LogP contribution in [0.25, 0.3) is 0 Å². The summed E-state index contributed by atoms with van der Waals surface area (Å²) in [6, 6.07) is 11.3. The summed E-state index contributed by atoms with van der Waals surface area (Å²) in [5.41, 5.74) is 0.815. The molecule has 0 aliphatic heterocycles. The maximum absolute atomic E-state index is 13.6. The number of rotatable bonds is 6. The molecule has 0 radical (unpaired) electrons. The highest BCUT2D eigenvalue weighted by Crippen LogP contribution is 2.19.